The number of hydroxylamine groups is 2. The molecular formula is C12H29NO2P2. The van der Waals surface area contributed by atoms with E-state index in [9.17, 15) is 0 Å². The van der Waals surface area contributed by atoms with E-state index in [0.29, 0.717) is 11.3 Å². The third-order valence-corrected chi connectivity index (χ3v) is 6.77. The molecule has 0 aromatic rings. The second-order valence-electron chi connectivity index (χ2n) is 4.87. The molecule has 2 unspecified atom stereocenters. The molecule has 0 bridgehead atoms. The van der Waals surface area contributed by atoms with Gasteiger partial charge < -0.3 is 0 Å². The zero-order chi connectivity index (χ0) is 13.4. The highest BCUT2D eigenvalue weighted by atomic mass is 31.1. The van der Waals surface area contributed by atoms with Crippen LogP contribution < -0.4 is 0 Å². The normalized spacial score (nSPS) is 15.9. The lowest BCUT2D eigenvalue weighted by Gasteiger charge is -2.25. The highest BCUT2D eigenvalue weighted by Gasteiger charge is 2.13. The third kappa shape index (κ3) is 8.46. The van der Waals surface area contributed by atoms with Crippen molar-refractivity contribution in [1.82, 2.24) is 5.23 Å². The van der Waals surface area contributed by atoms with E-state index in [1.807, 2.05) is 0 Å². The molecule has 0 amide bonds. The fourth-order valence-electron chi connectivity index (χ4n) is 0.900. The Hall–Kier alpha value is 0.740. The first-order valence-electron chi connectivity index (χ1n) is 6.24. The number of rotatable bonds is 9. The summed E-state index contributed by atoms with van der Waals surface area (Å²) < 4.78 is 0. The molecule has 0 fully saturated rings. The van der Waals surface area contributed by atoms with Crippen LogP contribution in [-0.2, 0) is 9.68 Å². The highest BCUT2D eigenvalue weighted by molar-refractivity contribution is 7.57. The summed E-state index contributed by atoms with van der Waals surface area (Å²) in [7, 11) is 0.133. The molecule has 0 rings (SSSR count). The SMILES string of the molecule is CCN(OCC(C)P(C)C)OCC(C)P(C)C. The fourth-order valence-corrected chi connectivity index (χ4v) is 1.63. The largest absolute Gasteiger partial charge is 0.274 e. The van der Waals surface area contributed by atoms with Gasteiger partial charge in [0.1, 0.15) is 0 Å². The van der Waals surface area contributed by atoms with Gasteiger partial charge in [-0.05, 0) is 33.6 Å². The van der Waals surface area contributed by atoms with Crippen LogP contribution in [0.3, 0.4) is 0 Å². The molecule has 0 spiro atoms. The second-order valence-corrected chi connectivity index (χ2v) is 10.5. The molecule has 17 heavy (non-hydrogen) atoms. The van der Waals surface area contributed by atoms with Gasteiger partial charge in [0, 0.05) is 17.9 Å². The maximum Gasteiger partial charge on any atom is 0.0776 e. The van der Waals surface area contributed by atoms with Crippen molar-refractivity contribution in [2.24, 2.45) is 0 Å². The molecule has 0 aromatic carbocycles. The van der Waals surface area contributed by atoms with Crippen LogP contribution in [0.5, 0.6) is 0 Å². The lowest BCUT2D eigenvalue weighted by molar-refractivity contribution is -0.365. The van der Waals surface area contributed by atoms with Gasteiger partial charge in [-0.2, -0.15) is 0 Å². The maximum absolute atomic E-state index is 5.68. The number of hydrogen-bond acceptors (Lipinski definition) is 3. The second kappa shape index (κ2) is 9.64. The van der Waals surface area contributed by atoms with Gasteiger partial charge in [0.2, 0.25) is 0 Å². The summed E-state index contributed by atoms with van der Waals surface area (Å²) in [5, 5.41) is 1.64. The summed E-state index contributed by atoms with van der Waals surface area (Å²) in [5.41, 5.74) is 1.24. The smallest absolute Gasteiger partial charge is 0.0776 e. The summed E-state index contributed by atoms with van der Waals surface area (Å²) in [5.74, 6) is 0. The molecule has 0 heterocycles. The Morgan fingerprint density at radius 2 is 1.24 bits per heavy atom. The fraction of sp³-hybridized carbons (Fsp3) is 1.00. The Labute approximate surface area is 110 Å². The van der Waals surface area contributed by atoms with Crippen LogP contribution in [0.15, 0.2) is 0 Å². The molecule has 2 atom stereocenters. The van der Waals surface area contributed by atoms with Gasteiger partial charge in [-0.1, -0.05) is 19.1 Å². The summed E-state index contributed by atoms with van der Waals surface area (Å²) in [6, 6.07) is 0. The summed E-state index contributed by atoms with van der Waals surface area (Å²) in [4.78, 5) is 11.4. The van der Waals surface area contributed by atoms with Gasteiger partial charge in [0.15, 0.2) is 0 Å². The van der Waals surface area contributed by atoms with Gasteiger partial charge in [-0.15, -0.1) is 15.8 Å². The van der Waals surface area contributed by atoms with Gasteiger partial charge in [-0.25, -0.2) is 0 Å². The van der Waals surface area contributed by atoms with Crippen LogP contribution in [0.4, 0.5) is 0 Å². The quantitative estimate of drug-likeness (QED) is 0.477. The van der Waals surface area contributed by atoms with Gasteiger partial charge in [0.25, 0.3) is 0 Å². The average Bonchev–Trinajstić information content (AvgIpc) is 2.28. The minimum Gasteiger partial charge on any atom is -0.274 e. The van der Waals surface area contributed by atoms with Crippen molar-refractivity contribution in [2.75, 3.05) is 46.4 Å². The van der Waals surface area contributed by atoms with Crippen molar-refractivity contribution in [3.05, 3.63) is 0 Å². The molecular weight excluding hydrogens is 252 g/mol. The Kier molecular flexibility index (Phi) is 10.1. The van der Waals surface area contributed by atoms with Gasteiger partial charge in [0.05, 0.1) is 13.2 Å². The molecule has 3 nitrogen and oxygen atoms in total. The molecule has 0 radical (unpaired) electrons. The zero-order valence-corrected chi connectivity index (χ0v) is 14.2. The average molecular weight is 281 g/mol. The van der Waals surface area contributed by atoms with E-state index in [1.165, 1.54) is 0 Å². The Morgan fingerprint density at radius 3 is 1.47 bits per heavy atom. The molecule has 104 valence electrons. The topological polar surface area (TPSA) is 21.7 Å². The lowest BCUT2D eigenvalue weighted by atomic mass is 10.5. The van der Waals surface area contributed by atoms with Crippen LogP contribution in [0.1, 0.15) is 20.8 Å². The molecule has 0 aliphatic heterocycles. The van der Waals surface area contributed by atoms with Gasteiger partial charge >= 0.3 is 0 Å². The summed E-state index contributed by atoms with van der Waals surface area (Å²) in [6.45, 7) is 17.9. The molecule has 0 saturated heterocycles. The first-order chi connectivity index (χ1) is 7.88. The minimum atomic E-state index is 0.0666. The zero-order valence-electron chi connectivity index (χ0n) is 12.4. The molecule has 0 saturated carbocycles. The molecule has 0 aliphatic carbocycles. The molecule has 0 N–H and O–H groups in total. The predicted octanol–water partition coefficient (Wildman–Crippen LogP) is 3.43. The first-order valence-corrected chi connectivity index (χ1v) is 10.9. The lowest BCUT2D eigenvalue weighted by Crippen LogP contribution is -2.30. The van der Waals surface area contributed by atoms with Crippen molar-refractivity contribution < 1.29 is 9.68 Å². The Bertz CT molecular complexity index is 173. The van der Waals surface area contributed by atoms with E-state index in [-0.39, 0.29) is 15.8 Å². The monoisotopic (exact) mass is 281 g/mol. The van der Waals surface area contributed by atoms with E-state index >= 15 is 0 Å². The molecule has 5 heteroatoms. The molecule has 0 aliphatic rings. The van der Waals surface area contributed by atoms with E-state index in [2.05, 4.69) is 47.4 Å². The van der Waals surface area contributed by atoms with Gasteiger partial charge in [-0.3, -0.25) is 9.68 Å². The van der Waals surface area contributed by atoms with Crippen molar-refractivity contribution >= 4 is 15.8 Å². The Morgan fingerprint density at radius 1 is 0.882 bits per heavy atom. The molecule has 0 aromatic heterocycles. The first kappa shape index (κ1) is 17.7. The van der Waals surface area contributed by atoms with E-state index < -0.39 is 0 Å². The van der Waals surface area contributed by atoms with Crippen molar-refractivity contribution in [1.29, 1.82) is 0 Å². The number of hydrogen-bond donors (Lipinski definition) is 0. The van der Waals surface area contributed by atoms with Crippen LogP contribution in [0.25, 0.3) is 0 Å². The minimum absolute atomic E-state index is 0.0666. The van der Waals surface area contributed by atoms with Crippen molar-refractivity contribution in [3.8, 4) is 0 Å². The van der Waals surface area contributed by atoms with Crippen LogP contribution >= 0.6 is 15.8 Å². The number of nitrogens with zero attached hydrogens (tertiary/aromatic N) is 1. The highest BCUT2D eigenvalue weighted by Crippen LogP contribution is 2.32. The maximum atomic E-state index is 5.68. The van der Waals surface area contributed by atoms with Crippen LogP contribution in [0, 0.1) is 0 Å². The van der Waals surface area contributed by atoms with E-state index in [0.717, 1.165) is 19.8 Å². The summed E-state index contributed by atoms with van der Waals surface area (Å²) >= 11 is 0. The van der Waals surface area contributed by atoms with E-state index in [4.69, 9.17) is 9.68 Å². The standard InChI is InChI=1S/C12H29NO2P2/c1-8-13(14-9-11(2)16(4)5)15-10-12(3)17(6)7/h11-12H,8-10H2,1-7H3. The predicted molar refractivity (Wildman–Crippen MR) is 80.7 cm³/mol. The van der Waals surface area contributed by atoms with E-state index in [1.54, 1.807) is 5.23 Å². The summed E-state index contributed by atoms with van der Waals surface area (Å²) in [6.07, 6.45) is 0. The Balaban J connectivity index is 3.84. The van der Waals surface area contributed by atoms with Crippen molar-refractivity contribution in [2.45, 2.75) is 32.1 Å². The third-order valence-electron chi connectivity index (χ3n) is 2.94. The van der Waals surface area contributed by atoms with Crippen LogP contribution in [-0.4, -0.2) is 63.0 Å². The van der Waals surface area contributed by atoms with Crippen LogP contribution in [0.2, 0.25) is 0 Å². The van der Waals surface area contributed by atoms with Crippen molar-refractivity contribution in [3.63, 3.8) is 0 Å².